The first kappa shape index (κ1) is 25.1. The van der Waals surface area contributed by atoms with Crippen LogP contribution in [0.3, 0.4) is 0 Å². The molecule has 7 aromatic rings. The second-order valence-corrected chi connectivity index (χ2v) is 11.0. The van der Waals surface area contributed by atoms with Crippen LogP contribution in [0.1, 0.15) is 17.9 Å². The van der Waals surface area contributed by atoms with E-state index in [-0.39, 0.29) is 0 Å². The largest absolute Gasteiger partial charge is 0.355 e. The Labute approximate surface area is 250 Å². The van der Waals surface area contributed by atoms with Crippen LogP contribution in [0.25, 0.3) is 67.1 Å². The summed E-state index contributed by atoms with van der Waals surface area (Å²) in [6.45, 7) is 0. The van der Waals surface area contributed by atoms with Crippen molar-refractivity contribution in [3.63, 3.8) is 0 Å². The number of nitrogens with one attached hydrogen (secondary N) is 1. The Morgan fingerprint density at radius 1 is 0.488 bits per heavy atom. The molecule has 0 radical (unpaired) electrons. The second kappa shape index (κ2) is 10.7. The van der Waals surface area contributed by atoms with Crippen LogP contribution in [0.15, 0.2) is 146 Å². The lowest BCUT2D eigenvalue weighted by Gasteiger charge is -2.14. The molecule has 0 saturated heterocycles. The summed E-state index contributed by atoms with van der Waals surface area (Å²) in [5.41, 5.74) is 8.73. The fourth-order valence-electron chi connectivity index (χ4n) is 5.92. The quantitative estimate of drug-likeness (QED) is 0.231. The van der Waals surface area contributed by atoms with E-state index in [0.717, 1.165) is 45.3 Å². The number of fused-ring (bicyclic) bond motifs is 3. The van der Waals surface area contributed by atoms with Gasteiger partial charge in [0.25, 0.3) is 0 Å². The maximum Gasteiger partial charge on any atom is 0.164 e. The zero-order valence-corrected chi connectivity index (χ0v) is 23.5. The number of H-pyrrole nitrogens is 1. The lowest BCUT2D eigenvalue weighted by Crippen LogP contribution is -2.01. The molecule has 2 heterocycles. The third-order valence-corrected chi connectivity index (χ3v) is 8.21. The highest BCUT2D eigenvalue weighted by atomic mass is 15.0. The Balaban J connectivity index is 1.21. The summed E-state index contributed by atoms with van der Waals surface area (Å²) in [5.74, 6) is 2.39. The summed E-state index contributed by atoms with van der Waals surface area (Å²) in [6.07, 6.45) is 9.73. The molecule has 2 aromatic heterocycles. The number of benzene rings is 5. The number of para-hydroxylation sites is 1. The van der Waals surface area contributed by atoms with Crippen LogP contribution in [-0.2, 0) is 0 Å². The smallest absolute Gasteiger partial charge is 0.164 e. The number of rotatable bonds is 5. The molecule has 1 aliphatic rings. The van der Waals surface area contributed by atoms with Crippen LogP contribution in [0.2, 0.25) is 0 Å². The molecule has 0 saturated carbocycles. The molecule has 204 valence electrons. The third-order valence-electron chi connectivity index (χ3n) is 8.21. The molecular formula is C39H28N4. The number of hydrogen-bond donors (Lipinski definition) is 1. The van der Waals surface area contributed by atoms with Gasteiger partial charge in [0.05, 0.1) is 0 Å². The van der Waals surface area contributed by atoms with Crippen molar-refractivity contribution in [2.24, 2.45) is 0 Å². The van der Waals surface area contributed by atoms with Crippen molar-refractivity contribution in [1.82, 2.24) is 19.9 Å². The highest BCUT2D eigenvalue weighted by Crippen LogP contribution is 2.33. The van der Waals surface area contributed by atoms with E-state index >= 15 is 0 Å². The average molecular weight is 553 g/mol. The third kappa shape index (κ3) is 4.83. The molecule has 4 heteroatoms. The standard InChI is InChI=1S/C39H28N4/c1-3-10-26(11-4-1)27-18-20-29(21-19-27)38-41-37(28-12-5-2-6-13-28)42-39(43-38)32-15-9-14-30(24-32)31-22-23-36-34(25-31)33-16-7-8-17-35(33)40-36/h1-10,12-26,40H,11H2. The summed E-state index contributed by atoms with van der Waals surface area (Å²) < 4.78 is 0. The monoisotopic (exact) mass is 552 g/mol. The lowest BCUT2D eigenvalue weighted by atomic mass is 9.92. The van der Waals surface area contributed by atoms with Gasteiger partial charge in [0.1, 0.15) is 0 Å². The van der Waals surface area contributed by atoms with E-state index in [4.69, 9.17) is 15.0 Å². The van der Waals surface area contributed by atoms with Gasteiger partial charge in [-0.3, -0.25) is 0 Å². The molecule has 4 nitrogen and oxygen atoms in total. The van der Waals surface area contributed by atoms with Gasteiger partial charge >= 0.3 is 0 Å². The van der Waals surface area contributed by atoms with Crippen LogP contribution < -0.4 is 0 Å². The summed E-state index contributed by atoms with van der Waals surface area (Å²) in [7, 11) is 0. The molecule has 0 spiro atoms. The van der Waals surface area contributed by atoms with Crippen molar-refractivity contribution in [2.45, 2.75) is 12.3 Å². The molecule has 0 fully saturated rings. The van der Waals surface area contributed by atoms with Crippen LogP contribution in [0, 0.1) is 0 Å². The summed E-state index contributed by atoms with van der Waals surface area (Å²) in [4.78, 5) is 18.4. The molecule has 1 aliphatic carbocycles. The van der Waals surface area contributed by atoms with Gasteiger partial charge in [0, 0.05) is 44.4 Å². The molecule has 8 rings (SSSR count). The number of aromatic amines is 1. The van der Waals surface area contributed by atoms with E-state index in [2.05, 4.69) is 120 Å². The molecule has 0 amide bonds. The van der Waals surface area contributed by atoms with E-state index in [1.165, 1.54) is 16.3 Å². The minimum absolute atomic E-state index is 0.402. The van der Waals surface area contributed by atoms with Gasteiger partial charge in [-0.2, -0.15) is 0 Å². The SMILES string of the molecule is C1=CCC(c2ccc(-c3nc(-c4ccccc4)nc(-c4cccc(-c5ccc6[nH]c7ccccc7c6c5)c4)n3)cc2)C=C1. The van der Waals surface area contributed by atoms with Gasteiger partial charge in [-0.15, -0.1) is 0 Å². The Morgan fingerprint density at radius 2 is 1.12 bits per heavy atom. The van der Waals surface area contributed by atoms with E-state index < -0.39 is 0 Å². The Hall–Kier alpha value is -5.61. The average Bonchev–Trinajstić information content (AvgIpc) is 3.47. The maximum absolute atomic E-state index is 5.01. The van der Waals surface area contributed by atoms with Gasteiger partial charge in [-0.25, -0.2) is 15.0 Å². The van der Waals surface area contributed by atoms with Gasteiger partial charge < -0.3 is 4.98 Å². The summed E-state index contributed by atoms with van der Waals surface area (Å²) in [6, 6.07) is 42.3. The van der Waals surface area contributed by atoms with Crippen molar-refractivity contribution in [2.75, 3.05) is 0 Å². The molecule has 43 heavy (non-hydrogen) atoms. The van der Waals surface area contributed by atoms with Crippen molar-refractivity contribution >= 4 is 21.8 Å². The number of allylic oxidation sites excluding steroid dienone is 4. The first-order chi connectivity index (χ1) is 21.3. The molecule has 1 atom stereocenters. The molecule has 1 unspecified atom stereocenters. The van der Waals surface area contributed by atoms with E-state index in [1.54, 1.807) is 0 Å². The highest BCUT2D eigenvalue weighted by Gasteiger charge is 2.15. The van der Waals surface area contributed by atoms with Gasteiger partial charge in [0.15, 0.2) is 17.5 Å². The topological polar surface area (TPSA) is 54.5 Å². The Bertz CT molecular complexity index is 2150. The molecule has 5 aromatic carbocycles. The number of hydrogen-bond acceptors (Lipinski definition) is 3. The van der Waals surface area contributed by atoms with Crippen molar-refractivity contribution < 1.29 is 0 Å². The fraction of sp³-hybridized carbons (Fsp3) is 0.0513. The van der Waals surface area contributed by atoms with Crippen molar-refractivity contribution in [1.29, 1.82) is 0 Å². The zero-order chi connectivity index (χ0) is 28.6. The van der Waals surface area contributed by atoms with Crippen LogP contribution in [-0.4, -0.2) is 19.9 Å². The zero-order valence-electron chi connectivity index (χ0n) is 23.5. The predicted octanol–water partition coefficient (Wildman–Crippen LogP) is 9.77. The molecule has 0 aliphatic heterocycles. The minimum Gasteiger partial charge on any atom is -0.355 e. The summed E-state index contributed by atoms with van der Waals surface area (Å²) in [5, 5.41) is 2.45. The van der Waals surface area contributed by atoms with Crippen LogP contribution in [0.4, 0.5) is 0 Å². The minimum atomic E-state index is 0.402. The Kier molecular flexibility index (Phi) is 6.23. The fourth-order valence-corrected chi connectivity index (χ4v) is 5.92. The Morgan fingerprint density at radius 3 is 1.91 bits per heavy atom. The highest BCUT2D eigenvalue weighted by molar-refractivity contribution is 6.08. The second-order valence-electron chi connectivity index (χ2n) is 11.0. The van der Waals surface area contributed by atoms with Gasteiger partial charge in [0.2, 0.25) is 0 Å². The van der Waals surface area contributed by atoms with E-state index in [1.807, 2.05) is 30.3 Å². The van der Waals surface area contributed by atoms with E-state index in [0.29, 0.717) is 23.4 Å². The van der Waals surface area contributed by atoms with Crippen molar-refractivity contribution in [3.05, 3.63) is 151 Å². The number of nitrogens with zero attached hydrogens (tertiary/aromatic N) is 3. The maximum atomic E-state index is 5.01. The first-order valence-electron chi connectivity index (χ1n) is 14.6. The van der Waals surface area contributed by atoms with Crippen LogP contribution >= 0.6 is 0 Å². The van der Waals surface area contributed by atoms with Gasteiger partial charge in [-0.1, -0.05) is 121 Å². The first-order valence-corrected chi connectivity index (χ1v) is 14.6. The number of aromatic nitrogens is 4. The molecule has 0 bridgehead atoms. The van der Waals surface area contributed by atoms with Gasteiger partial charge in [-0.05, 0) is 47.4 Å². The molecular weight excluding hydrogens is 524 g/mol. The predicted molar refractivity (Wildman–Crippen MR) is 177 cm³/mol. The van der Waals surface area contributed by atoms with Crippen molar-refractivity contribution in [3.8, 4) is 45.3 Å². The molecule has 1 N–H and O–H groups in total. The van der Waals surface area contributed by atoms with E-state index in [9.17, 15) is 0 Å². The normalized spacial score (nSPS) is 14.5. The van der Waals surface area contributed by atoms with Crippen LogP contribution in [0.5, 0.6) is 0 Å². The lowest BCUT2D eigenvalue weighted by molar-refractivity contribution is 0.854. The summed E-state index contributed by atoms with van der Waals surface area (Å²) >= 11 is 0.